The van der Waals surface area contributed by atoms with Crippen LogP contribution in [0.5, 0.6) is 0 Å². The van der Waals surface area contributed by atoms with E-state index in [9.17, 15) is 0 Å². The smallest absolute Gasteiger partial charge is 0.191 e. The Hall–Kier alpha value is -1.52. The van der Waals surface area contributed by atoms with Crippen LogP contribution in [0.2, 0.25) is 0 Å². The third-order valence-corrected chi connectivity index (χ3v) is 5.90. The Labute approximate surface area is 185 Å². The second-order valence-corrected chi connectivity index (χ2v) is 8.00. The molecule has 144 valence electrons. The van der Waals surface area contributed by atoms with Crippen molar-refractivity contribution in [1.82, 2.24) is 20.6 Å². The molecule has 0 fully saturated rings. The highest BCUT2D eigenvalue weighted by Gasteiger charge is 2.07. The third-order valence-electron chi connectivity index (χ3n) is 3.89. The fraction of sp³-hybridized carbons (Fsp3) is 0.316. The Morgan fingerprint density at radius 2 is 1.89 bits per heavy atom. The first-order chi connectivity index (χ1) is 12.7. The van der Waals surface area contributed by atoms with Gasteiger partial charge in [0.2, 0.25) is 0 Å². The van der Waals surface area contributed by atoms with E-state index in [0.717, 1.165) is 46.9 Å². The van der Waals surface area contributed by atoms with Crippen molar-refractivity contribution in [3.05, 3.63) is 57.0 Å². The zero-order chi connectivity index (χ0) is 18.4. The fourth-order valence-corrected chi connectivity index (χ4v) is 4.30. The van der Waals surface area contributed by atoms with Gasteiger partial charge in [0.05, 0.1) is 22.9 Å². The van der Waals surface area contributed by atoms with Crippen LogP contribution in [0.25, 0.3) is 10.6 Å². The molecule has 0 amide bonds. The number of nitrogens with zero attached hydrogens (tertiary/aromatic N) is 3. The summed E-state index contributed by atoms with van der Waals surface area (Å²) in [7, 11) is 1.79. The molecule has 3 rings (SSSR count). The molecule has 8 heteroatoms. The number of aryl methyl sites for hydroxylation is 2. The SMILES string of the molecule is CN=C(NCCc1csc(-c2ccccc2)n1)NCc1sc(C)nc1C.I. The Morgan fingerprint density at radius 1 is 1.11 bits per heavy atom. The minimum atomic E-state index is 0. The van der Waals surface area contributed by atoms with Crippen LogP contribution in [0.1, 0.15) is 21.3 Å². The molecule has 0 radical (unpaired) electrons. The van der Waals surface area contributed by atoms with Crippen molar-refractivity contribution in [3.63, 3.8) is 0 Å². The summed E-state index contributed by atoms with van der Waals surface area (Å²) in [6, 6.07) is 10.3. The van der Waals surface area contributed by atoms with E-state index in [2.05, 4.69) is 38.1 Å². The number of aliphatic imine (C=N–C) groups is 1. The van der Waals surface area contributed by atoms with Gasteiger partial charge in [0.25, 0.3) is 0 Å². The lowest BCUT2D eigenvalue weighted by Gasteiger charge is -2.10. The van der Waals surface area contributed by atoms with Gasteiger partial charge >= 0.3 is 0 Å². The Morgan fingerprint density at radius 3 is 2.56 bits per heavy atom. The molecule has 0 atom stereocenters. The highest BCUT2D eigenvalue weighted by molar-refractivity contribution is 14.0. The van der Waals surface area contributed by atoms with Crippen molar-refractivity contribution < 1.29 is 0 Å². The predicted octanol–water partition coefficient (Wildman–Crippen LogP) is 4.41. The summed E-state index contributed by atoms with van der Waals surface area (Å²) in [5.41, 5.74) is 3.36. The molecule has 3 aromatic rings. The minimum absolute atomic E-state index is 0. The Kier molecular flexibility index (Phi) is 8.65. The maximum absolute atomic E-state index is 4.72. The van der Waals surface area contributed by atoms with E-state index < -0.39 is 0 Å². The van der Waals surface area contributed by atoms with Gasteiger partial charge in [-0.1, -0.05) is 30.3 Å². The quantitative estimate of drug-likeness (QED) is 0.291. The minimum Gasteiger partial charge on any atom is -0.356 e. The highest BCUT2D eigenvalue weighted by Crippen LogP contribution is 2.23. The van der Waals surface area contributed by atoms with Crippen molar-refractivity contribution in [2.75, 3.05) is 13.6 Å². The van der Waals surface area contributed by atoms with Gasteiger partial charge in [-0.15, -0.1) is 46.7 Å². The predicted molar refractivity (Wildman–Crippen MR) is 126 cm³/mol. The second-order valence-electron chi connectivity index (χ2n) is 5.85. The van der Waals surface area contributed by atoms with E-state index in [4.69, 9.17) is 4.98 Å². The van der Waals surface area contributed by atoms with E-state index in [0.29, 0.717) is 0 Å². The highest BCUT2D eigenvalue weighted by atomic mass is 127. The van der Waals surface area contributed by atoms with Gasteiger partial charge in [-0.3, -0.25) is 4.99 Å². The average molecular weight is 513 g/mol. The number of nitrogens with one attached hydrogen (secondary N) is 2. The van der Waals surface area contributed by atoms with Gasteiger partial charge in [-0.05, 0) is 13.8 Å². The zero-order valence-corrected chi connectivity index (χ0v) is 19.6. The van der Waals surface area contributed by atoms with E-state index in [1.165, 1.54) is 10.4 Å². The lowest BCUT2D eigenvalue weighted by molar-refractivity contribution is 0.789. The first kappa shape index (κ1) is 21.8. The molecule has 0 aliphatic heterocycles. The molecule has 0 unspecified atom stereocenters. The van der Waals surface area contributed by atoms with Crippen molar-refractivity contribution in [3.8, 4) is 10.6 Å². The Balaban J connectivity index is 0.00000261. The normalized spacial score (nSPS) is 11.1. The summed E-state index contributed by atoms with van der Waals surface area (Å²) in [6.07, 6.45) is 0.864. The summed E-state index contributed by atoms with van der Waals surface area (Å²) in [5.74, 6) is 0.800. The largest absolute Gasteiger partial charge is 0.356 e. The third kappa shape index (κ3) is 6.25. The molecule has 2 N–H and O–H groups in total. The first-order valence-electron chi connectivity index (χ1n) is 8.53. The van der Waals surface area contributed by atoms with E-state index in [1.54, 1.807) is 29.7 Å². The first-order valence-corrected chi connectivity index (χ1v) is 10.2. The number of benzene rings is 1. The monoisotopic (exact) mass is 513 g/mol. The fourth-order valence-electron chi connectivity index (χ4n) is 2.57. The standard InChI is InChI=1S/C19H23N5S2.HI/c1-13-17(26-14(2)23-13)11-22-19(20-3)21-10-9-16-12-25-18(24-16)15-7-5-4-6-8-15;/h4-8,12H,9-11H2,1-3H3,(H2,20,21,22);1H. The van der Waals surface area contributed by atoms with E-state index >= 15 is 0 Å². The maximum Gasteiger partial charge on any atom is 0.191 e. The van der Waals surface area contributed by atoms with Gasteiger partial charge in [-0.25, -0.2) is 9.97 Å². The average Bonchev–Trinajstić information content (AvgIpc) is 3.25. The van der Waals surface area contributed by atoms with Gasteiger partial charge in [0.1, 0.15) is 5.01 Å². The van der Waals surface area contributed by atoms with Crippen LogP contribution in [-0.4, -0.2) is 29.5 Å². The maximum atomic E-state index is 4.72. The van der Waals surface area contributed by atoms with Crippen LogP contribution >= 0.6 is 46.7 Å². The van der Waals surface area contributed by atoms with Crippen LogP contribution in [-0.2, 0) is 13.0 Å². The topological polar surface area (TPSA) is 62.2 Å². The van der Waals surface area contributed by atoms with E-state index in [1.807, 2.05) is 32.0 Å². The summed E-state index contributed by atoms with van der Waals surface area (Å²) >= 11 is 3.41. The van der Waals surface area contributed by atoms with Gasteiger partial charge in [0, 0.05) is 35.8 Å². The number of guanidine groups is 1. The molecule has 0 aliphatic rings. The van der Waals surface area contributed by atoms with Gasteiger partial charge in [-0.2, -0.15) is 0 Å². The molecule has 27 heavy (non-hydrogen) atoms. The molecule has 1 aromatic carbocycles. The number of aromatic nitrogens is 2. The number of hydrogen-bond acceptors (Lipinski definition) is 5. The summed E-state index contributed by atoms with van der Waals surface area (Å²) in [6.45, 7) is 5.61. The molecule has 2 aromatic heterocycles. The number of rotatable bonds is 6. The van der Waals surface area contributed by atoms with Crippen LogP contribution in [0.15, 0.2) is 40.7 Å². The molecular formula is C19H24IN5S2. The number of thiazole rings is 2. The summed E-state index contributed by atoms with van der Waals surface area (Å²) < 4.78 is 0. The van der Waals surface area contributed by atoms with Crippen molar-refractivity contribution >= 4 is 52.6 Å². The molecule has 5 nitrogen and oxygen atoms in total. The van der Waals surface area contributed by atoms with Crippen molar-refractivity contribution in [2.24, 2.45) is 4.99 Å². The Bertz CT molecular complexity index is 873. The summed E-state index contributed by atoms with van der Waals surface area (Å²) in [4.78, 5) is 14.7. The van der Waals surface area contributed by atoms with Crippen molar-refractivity contribution in [2.45, 2.75) is 26.8 Å². The molecular weight excluding hydrogens is 489 g/mol. The molecule has 0 bridgehead atoms. The second kappa shape index (κ2) is 10.7. The molecule has 0 saturated carbocycles. The lowest BCUT2D eigenvalue weighted by Crippen LogP contribution is -2.37. The van der Waals surface area contributed by atoms with Crippen LogP contribution in [0, 0.1) is 13.8 Å². The zero-order valence-electron chi connectivity index (χ0n) is 15.7. The van der Waals surface area contributed by atoms with Gasteiger partial charge < -0.3 is 10.6 Å². The van der Waals surface area contributed by atoms with Gasteiger partial charge in [0.15, 0.2) is 5.96 Å². The van der Waals surface area contributed by atoms with E-state index in [-0.39, 0.29) is 24.0 Å². The number of hydrogen-bond donors (Lipinski definition) is 2. The molecule has 0 spiro atoms. The lowest BCUT2D eigenvalue weighted by atomic mass is 10.2. The number of halogens is 1. The van der Waals surface area contributed by atoms with Crippen LogP contribution in [0.3, 0.4) is 0 Å². The summed E-state index contributed by atoms with van der Waals surface area (Å²) in [5, 5.41) is 11.0. The van der Waals surface area contributed by atoms with Crippen LogP contribution < -0.4 is 10.6 Å². The molecule has 2 heterocycles. The molecule has 0 aliphatic carbocycles. The molecule has 0 saturated heterocycles. The van der Waals surface area contributed by atoms with Crippen LogP contribution in [0.4, 0.5) is 0 Å². The van der Waals surface area contributed by atoms with Crippen molar-refractivity contribution in [1.29, 1.82) is 0 Å².